The Morgan fingerprint density at radius 1 is 0.943 bits per heavy atom. The number of carbonyl (C=O) groups excluding carboxylic acids is 2. The van der Waals surface area contributed by atoms with Gasteiger partial charge >= 0.3 is 0 Å². The van der Waals surface area contributed by atoms with Crippen molar-refractivity contribution in [2.75, 3.05) is 36.4 Å². The van der Waals surface area contributed by atoms with Crippen LogP contribution in [0.3, 0.4) is 0 Å². The van der Waals surface area contributed by atoms with Crippen molar-refractivity contribution in [2.24, 2.45) is 5.92 Å². The average Bonchev–Trinajstić information content (AvgIpc) is 3.32. The van der Waals surface area contributed by atoms with Gasteiger partial charge in [0.1, 0.15) is 11.5 Å². The molecule has 6 nitrogen and oxygen atoms in total. The average molecular weight is 512 g/mol. The molecular weight excluding hydrogens is 485 g/mol. The van der Waals surface area contributed by atoms with E-state index in [1.807, 2.05) is 43.0 Å². The number of nitrogens with zero attached hydrogens (tertiary/aromatic N) is 2. The predicted molar refractivity (Wildman–Crippen MR) is 142 cm³/mol. The van der Waals surface area contributed by atoms with Crippen LogP contribution in [-0.4, -0.2) is 42.9 Å². The van der Waals surface area contributed by atoms with Crippen molar-refractivity contribution in [3.63, 3.8) is 0 Å². The number of hydrogen-bond acceptors (Lipinski definition) is 4. The minimum Gasteiger partial charge on any atom is -0.457 e. The number of amides is 2. The fraction of sp³-hybridized carbons (Fsp3) is 0.259. The van der Waals surface area contributed by atoms with E-state index in [1.54, 1.807) is 36.4 Å². The van der Waals surface area contributed by atoms with Crippen molar-refractivity contribution in [3.8, 4) is 11.3 Å². The number of anilines is 2. The lowest BCUT2D eigenvalue weighted by atomic mass is 10.1. The third-order valence-corrected chi connectivity index (χ3v) is 6.28. The van der Waals surface area contributed by atoms with Gasteiger partial charge in [-0.05, 0) is 60.7 Å². The first-order chi connectivity index (χ1) is 16.8. The first-order valence-corrected chi connectivity index (χ1v) is 12.2. The van der Waals surface area contributed by atoms with Crippen LogP contribution in [-0.2, 0) is 9.59 Å². The molecular formula is C27H27Cl2N3O3. The van der Waals surface area contributed by atoms with Crippen LogP contribution in [0.1, 0.15) is 19.6 Å². The van der Waals surface area contributed by atoms with E-state index in [0.717, 1.165) is 11.3 Å². The quantitative estimate of drug-likeness (QED) is 0.399. The second-order valence-corrected chi connectivity index (χ2v) is 9.53. The number of hydrogen-bond donors (Lipinski definition) is 1. The van der Waals surface area contributed by atoms with Crippen molar-refractivity contribution in [2.45, 2.75) is 13.8 Å². The summed E-state index contributed by atoms with van der Waals surface area (Å²) in [7, 11) is 0. The first kappa shape index (κ1) is 24.9. The third-order valence-electron chi connectivity index (χ3n) is 5.80. The molecule has 0 atom stereocenters. The molecule has 35 heavy (non-hydrogen) atoms. The first-order valence-electron chi connectivity index (χ1n) is 11.5. The van der Waals surface area contributed by atoms with Crippen molar-refractivity contribution >= 4 is 52.5 Å². The van der Waals surface area contributed by atoms with Crippen LogP contribution < -0.4 is 10.2 Å². The normalized spacial score (nSPS) is 14.1. The molecule has 0 spiro atoms. The van der Waals surface area contributed by atoms with Crippen molar-refractivity contribution in [1.82, 2.24) is 4.90 Å². The molecule has 0 saturated carbocycles. The zero-order valence-corrected chi connectivity index (χ0v) is 21.1. The van der Waals surface area contributed by atoms with Gasteiger partial charge in [0.25, 0.3) is 0 Å². The molecule has 0 aliphatic carbocycles. The number of benzene rings is 2. The molecule has 2 amide bonds. The molecule has 8 heteroatoms. The fourth-order valence-electron chi connectivity index (χ4n) is 3.96. The van der Waals surface area contributed by atoms with Gasteiger partial charge in [0.15, 0.2) is 0 Å². The molecule has 2 aromatic carbocycles. The molecule has 1 fully saturated rings. The van der Waals surface area contributed by atoms with E-state index in [0.29, 0.717) is 53.4 Å². The Kier molecular flexibility index (Phi) is 7.83. The second kappa shape index (κ2) is 11.0. The minimum atomic E-state index is -0.299. The van der Waals surface area contributed by atoms with E-state index >= 15 is 0 Å². The van der Waals surface area contributed by atoms with Crippen molar-refractivity contribution in [1.29, 1.82) is 0 Å². The van der Waals surface area contributed by atoms with Gasteiger partial charge in [0, 0.05) is 53.8 Å². The van der Waals surface area contributed by atoms with E-state index in [2.05, 4.69) is 10.2 Å². The zero-order valence-electron chi connectivity index (χ0n) is 19.6. The summed E-state index contributed by atoms with van der Waals surface area (Å²) in [5.74, 6) is 1.09. The topological polar surface area (TPSA) is 65.8 Å². The highest BCUT2D eigenvalue weighted by Crippen LogP contribution is 2.30. The van der Waals surface area contributed by atoms with Gasteiger partial charge in [0.05, 0.1) is 11.4 Å². The number of rotatable bonds is 6. The molecule has 182 valence electrons. The summed E-state index contributed by atoms with van der Waals surface area (Å²) in [4.78, 5) is 29.0. The molecule has 0 radical (unpaired) electrons. The number of piperazine rings is 1. The monoisotopic (exact) mass is 511 g/mol. The Morgan fingerprint density at radius 3 is 2.31 bits per heavy atom. The molecule has 1 aliphatic rings. The molecule has 0 bridgehead atoms. The van der Waals surface area contributed by atoms with Gasteiger partial charge in [-0.15, -0.1) is 0 Å². The van der Waals surface area contributed by atoms with Crippen LogP contribution >= 0.6 is 23.2 Å². The number of carbonyl (C=O) groups is 2. The summed E-state index contributed by atoms with van der Waals surface area (Å²) in [5.41, 5.74) is 2.39. The molecule has 1 aromatic heterocycles. The zero-order chi connectivity index (χ0) is 24.9. The lowest BCUT2D eigenvalue weighted by molar-refractivity contribution is -0.134. The predicted octanol–water partition coefficient (Wildman–Crippen LogP) is 6.21. The van der Waals surface area contributed by atoms with Crippen LogP contribution in [0.4, 0.5) is 11.4 Å². The number of halogens is 2. The summed E-state index contributed by atoms with van der Waals surface area (Å²) in [6, 6.07) is 16.4. The Balaban J connectivity index is 1.42. The Bertz CT molecular complexity index is 1230. The van der Waals surface area contributed by atoms with Crippen LogP contribution in [0, 0.1) is 5.92 Å². The highest BCUT2D eigenvalue weighted by Gasteiger charge is 2.24. The highest BCUT2D eigenvalue weighted by atomic mass is 35.5. The Morgan fingerprint density at radius 2 is 1.63 bits per heavy atom. The summed E-state index contributed by atoms with van der Waals surface area (Å²) in [6.07, 6.45) is 3.05. The molecule has 0 unspecified atom stereocenters. The smallest absolute Gasteiger partial charge is 0.248 e. The third kappa shape index (κ3) is 6.27. The van der Waals surface area contributed by atoms with Crippen LogP contribution in [0.2, 0.25) is 10.0 Å². The van der Waals surface area contributed by atoms with Crippen molar-refractivity contribution < 1.29 is 14.0 Å². The van der Waals surface area contributed by atoms with Crippen LogP contribution in [0.5, 0.6) is 0 Å². The Hall–Kier alpha value is -3.22. The van der Waals surface area contributed by atoms with Crippen LogP contribution in [0.15, 0.2) is 65.1 Å². The molecule has 1 saturated heterocycles. The Labute approximate surface area is 215 Å². The van der Waals surface area contributed by atoms with Crippen molar-refractivity contribution in [3.05, 3.63) is 76.5 Å². The van der Waals surface area contributed by atoms with E-state index in [-0.39, 0.29) is 17.7 Å². The molecule has 3 aromatic rings. The maximum absolute atomic E-state index is 12.7. The fourth-order valence-corrected chi connectivity index (χ4v) is 4.26. The lowest BCUT2D eigenvalue weighted by Gasteiger charge is -2.37. The largest absolute Gasteiger partial charge is 0.457 e. The number of furan rings is 1. The SMILES string of the molecule is CC(C)C(=O)N1CCN(c2ccc(Cl)cc2NC(=O)/C=C/c2ccc(-c3ccc(Cl)cc3)o2)CC1. The van der Waals surface area contributed by atoms with E-state index in [4.69, 9.17) is 27.6 Å². The summed E-state index contributed by atoms with van der Waals surface area (Å²) in [6.45, 7) is 6.46. The summed E-state index contributed by atoms with van der Waals surface area (Å²) >= 11 is 12.2. The lowest BCUT2D eigenvalue weighted by Crippen LogP contribution is -2.50. The van der Waals surface area contributed by atoms with E-state index in [1.165, 1.54) is 6.08 Å². The van der Waals surface area contributed by atoms with Gasteiger partial charge in [-0.1, -0.05) is 37.0 Å². The summed E-state index contributed by atoms with van der Waals surface area (Å²) < 4.78 is 5.82. The standard InChI is InChI=1S/C27H27Cl2N3O3/c1-18(2)27(34)32-15-13-31(14-16-32)24-10-7-21(29)17-23(24)30-26(33)12-9-22-8-11-25(35-22)19-3-5-20(28)6-4-19/h3-12,17-18H,13-16H2,1-2H3,(H,30,33)/b12-9+. The maximum Gasteiger partial charge on any atom is 0.248 e. The minimum absolute atomic E-state index is 0.0184. The maximum atomic E-state index is 12.7. The summed E-state index contributed by atoms with van der Waals surface area (Å²) in [5, 5.41) is 4.11. The highest BCUT2D eigenvalue weighted by molar-refractivity contribution is 6.31. The number of nitrogens with one attached hydrogen (secondary N) is 1. The molecule has 1 N–H and O–H groups in total. The second-order valence-electron chi connectivity index (χ2n) is 8.66. The molecule has 4 rings (SSSR count). The van der Waals surface area contributed by atoms with Gasteiger partial charge in [0.2, 0.25) is 11.8 Å². The molecule has 1 aliphatic heterocycles. The van der Waals surface area contributed by atoms with Gasteiger partial charge in [-0.25, -0.2) is 0 Å². The van der Waals surface area contributed by atoms with Gasteiger partial charge < -0.3 is 19.5 Å². The van der Waals surface area contributed by atoms with Gasteiger partial charge in [-0.2, -0.15) is 0 Å². The van der Waals surface area contributed by atoms with Gasteiger partial charge in [-0.3, -0.25) is 9.59 Å². The van der Waals surface area contributed by atoms with E-state index < -0.39 is 0 Å². The molecule has 2 heterocycles. The van der Waals surface area contributed by atoms with E-state index in [9.17, 15) is 9.59 Å². The van der Waals surface area contributed by atoms with Crippen LogP contribution in [0.25, 0.3) is 17.4 Å².